The molecular weight excluding hydrogens is 318 g/mol. The van der Waals surface area contributed by atoms with Crippen molar-refractivity contribution in [3.05, 3.63) is 17.9 Å². The zero-order valence-electron chi connectivity index (χ0n) is 14.0. The van der Waals surface area contributed by atoms with Crippen LogP contribution in [-0.2, 0) is 19.4 Å². The Kier molecular flexibility index (Phi) is 5.76. The summed E-state index contributed by atoms with van der Waals surface area (Å²) in [5, 5.41) is 2.53. The first-order chi connectivity index (χ1) is 10.5. The van der Waals surface area contributed by atoms with Gasteiger partial charge in [-0.15, -0.1) is 0 Å². The number of carbonyl (C=O) groups is 1. The van der Waals surface area contributed by atoms with Gasteiger partial charge in [0.1, 0.15) is 10.7 Å². The molecular formula is C15H23N3O4S. The van der Waals surface area contributed by atoms with Crippen LogP contribution in [0.2, 0.25) is 0 Å². The lowest BCUT2D eigenvalue weighted by molar-refractivity contribution is -0.123. The molecule has 1 heterocycles. The maximum Gasteiger partial charge on any atom is 0.230 e. The maximum atomic E-state index is 12.1. The number of carbonyl (C=O) groups excluding carboxylic acids is 1. The lowest BCUT2D eigenvalue weighted by Crippen LogP contribution is -2.29. The van der Waals surface area contributed by atoms with Crippen LogP contribution in [0.25, 0.3) is 6.08 Å². The van der Waals surface area contributed by atoms with Gasteiger partial charge in [0, 0.05) is 17.2 Å². The van der Waals surface area contributed by atoms with E-state index in [2.05, 4.69) is 10.3 Å². The Labute approximate surface area is 136 Å². The third kappa shape index (κ3) is 5.24. The van der Waals surface area contributed by atoms with E-state index in [0.717, 1.165) is 6.26 Å². The highest BCUT2D eigenvalue weighted by Gasteiger charge is 2.25. The highest BCUT2D eigenvalue weighted by atomic mass is 32.2. The van der Waals surface area contributed by atoms with E-state index in [9.17, 15) is 13.2 Å². The van der Waals surface area contributed by atoms with Crippen LogP contribution in [0.5, 0.6) is 0 Å². The molecule has 1 aromatic rings. The molecule has 0 spiro atoms. The third-order valence-electron chi connectivity index (χ3n) is 2.87. The predicted octanol–water partition coefficient (Wildman–Crippen LogP) is 2.06. The van der Waals surface area contributed by atoms with Gasteiger partial charge in [-0.05, 0) is 19.1 Å². The predicted molar refractivity (Wildman–Crippen MR) is 90.5 cm³/mol. The molecule has 128 valence electrons. The summed E-state index contributed by atoms with van der Waals surface area (Å²) < 4.78 is 29.1. The van der Waals surface area contributed by atoms with Gasteiger partial charge < -0.3 is 15.8 Å². The van der Waals surface area contributed by atoms with Crippen LogP contribution in [0.1, 0.15) is 33.3 Å². The van der Waals surface area contributed by atoms with Crippen molar-refractivity contribution in [1.82, 2.24) is 4.98 Å². The van der Waals surface area contributed by atoms with Crippen LogP contribution in [-0.4, -0.2) is 32.2 Å². The number of hydrogen-bond acceptors (Lipinski definition) is 6. The Hall–Kier alpha value is -2.09. The van der Waals surface area contributed by atoms with Crippen LogP contribution in [0.3, 0.4) is 0 Å². The second kappa shape index (κ2) is 6.99. The second-order valence-electron chi connectivity index (χ2n) is 6.04. The molecule has 8 heteroatoms. The first kappa shape index (κ1) is 19.0. The topological polar surface area (TPSA) is 111 Å². The second-order valence-corrected chi connectivity index (χ2v) is 8.03. The average molecular weight is 341 g/mol. The molecule has 1 amide bonds. The summed E-state index contributed by atoms with van der Waals surface area (Å²) in [5.41, 5.74) is 5.54. The highest BCUT2D eigenvalue weighted by molar-refractivity contribution is 7.90. The SMILES string of the molecule is CCOC=Cc1cc(S(C)(=O)=O)c(NC(=O)C(C)(C)C)nc1N. The Morgan fingerprint density at radius 3 is 2.52 bits per heavy atom. The van der Waals surface area contributed by atoms with Gasteiger partial charge in [0.2, 0.25) is 5.91 Å². The van der Waals surface area contributed by atoms with Gasteiger partial charge in [-0.1, -0.05) is 20.8 Å². The first-order valence-corrected chi connectivity index (χ1v) is 8.96. The van der Waals surface area contributed by atoms with Crippen molar-refractivity contribution in [1.29, 1.82) is 0 Å². The highest BCUT2D eigenvalue weighted by Crippen LogP contribution is 2.26. The summed E-state index contributed by atoms with van der Waals surface area (Å²) >= 11 is 0. The van der Waals surface area contributed by atoms with E-state index in [-0.39, 0.29) is 22.4 Å². The van der Waals surface area contributed by atoms with Gasteiger partial charge in [0.05, 0.1) is 12.9 Å². The Balaban J connectivity index is 3.36. The number of hydrogen-bond donors (Lipinski definition) is 2. The minimum absolute atomic E-state index is 0.0708. The lowest BCUT2D eigenvalue weighted by atomic mass is 9.96. The molecule has 0 unspecified atom stereocenters. The zero-order chi connectivity index (χ0) is 17.8. The molecule has 0 bridgehead atoms. The number of aromatic nitrogens is 1. The summed E-state index contributed by atoms with van der Waals surface area (Å²) in [6.07, 6.45) is 3.98. The molecule has 0 aliphatic rings. The van der Waals surface area contributed by atoms with Crippen LogP contribution < -0.4 is 11.1 Å². The Bertz CT molecular complexity index is 719. The van der Waals surface area contributed by atoms with Crippen molar-refractivity contribution in [2.24, 2.45) is 5.41 Å². The fourth-order valence-corrected chi connectivity index (χ4v) is 2.33. The van der Waals surface area contributed by atoms with Crippen molar-refractivity contribution >= 4 is 33.5 Å². The van der Waals surface area contributed by atoms with Gasteiger partial charge in [-0.25, -0.2) is 13.4 Å². The number of sulfone groups is 1. The van der Waals surface area contributed by atoms with Gasteiger partial charge in [-0.3, -0.25) is 4.79 Å². The number of rotatable bonds is 5. The normalized spacial score (nSPS) is 12.4. The van der Waals surface area contributed by atoms with E-state index in [4.69, 9.17) is 10.5 Å². The van der Waals surface area contributed by atoms with Gasteiger partial charge in [-0.2, -0.15) is 0 Å². The number of ether oxygens (including phenoxy) is 1. The van der Waals surface area contributed by atoms with Crippen LogP contribution >= 0.6 is 0 Å². The Morgan fingerprint density at radius 1 is 1.43 bits per heavy atom. The lowest BCUT2D eigenvalue weighted by Gasteiger charge is -2.19. The minimum atomic E-state index is -3.60. The van der Waals surface area contributed by atoms with E-state index < -0.39 is 15.3 Å². The monoisotopic (exact) mass is 341 g/mol. The fraction of sp³-hybridized carbons (Fsp3) is 0.467. The molecule has 0 aliphatic heterocycles. The summed E-state index contributed by atoms with van der Waals surface area (Å²) in [7, 11) is -3.60. The number of anilines is 2. The summed E-state index contributed by atoms with van der Waals surface area (Å²) in [6, 6.07) is 1.37. The molecule has 7 nitrogen and oxygen atoms in total. The fourth-order valence-electron chi connectivity index (χ4n) is 1.54. The van der Waals surface area contributed by atoms with Crippen LogP contribution in [0.15, 0.2) is 17.2 Å². The van der Waals surface area contributed by atoms with Crippen molar-refractivity contribution in [2.45, 2.75) is 32.6 Å². The molecule has 0 saturated heterocycles. The number of amides is 1. The number of nitrogens with one attached hydrogen (secondary N) is 1. The van der Waals surface area contributed by atoms with Gasteiger partial charge in [0.15, 0.2) is 15.7 Å². The third-order valence-corrected chi connectivity index (χ3v) is 3.98. The van der Waals surface area contributed by atoms with Crippen molar-refractivity contribution in [2.75, 3.05) is 23.9 Å². The van der Waals surface area contributed by atoms with Crippen LogP contribution in [0, 0.1) is 5.41 Å². The quantitative estimate of drug-likeness (QED) is 0.793. The summed E-state index contributed by atoms with van der Waals surface area (Å²) in [6.45, 7) is 7.43. The number of nitrogen functional groups attached to an aromatic ring is 1. The minimum Gasteiger partial charge on any atom is -0.501 e. The summed E-state index contributed by atoms with van der Waals surface area (Å²) in [5.74, 6) is -0.331. The van der Waals surface area contributed by atoms with Crippen LogP contribution in [0.4, 0.5) is 11.6 Å². The Morgan fingerprint density at radius 2 is 2.04 bits per heavy atom. The van der Waals surface area contributed by atoms with E-state index >= 15 is 0 Å². The molecule has 0 fully saturated rings. The molecule has 0 saturated carbocycles. The van der Waals surface area contributed by atoms with E-state index in [1.165, 1.54) is 18.4 Å². The number of pyridine rings is 1. The van der Waals surface area contributed by atoms with E-state index in [1.807, 2.05) is 6.92 Å². The zero-order valence-corrected chi connectivity index (χ0v) is 14.8. The maximum absolute atomic E-state index is 12.1. The van der Waals surface area contributed by atoms with Crippen molar-refractivity contribution in [3.63, 3.8) is 0 Å². The molecule has 3 N–H and O–H groups in total. The smallest absolute Gasteiger partial charge is 0.230 e. The standard InChI is InChI=1S/C15H23N3O4S/c1-6-22-8-7-10-9-11(23(5,20)21)13(17-12(10)16)18-14(19)15(2,3)4/h7-9H,6H2,1-5H3,(H3,16,17,18,19). The van der Waals surface area contributed by atoms with Crippen molar-refractivity contribution in [3.8, 4) is 0 Å². The van der Waals surface area contributed by atoms with Gasteiger partial charge >= 0.3 is 0 Å². The molecule has 23 heavy (non-hydrogen) atoms. The largest absolute Gasteiger partial charge is 0.501 e. The van der Waals surface area contributed by atoms with E-state index in [1.54, 1.807) is 20.8 Å². The van der Waals surface area contributed by atoms with Gasteiger partial charge in [0.25, 0.3) is 0 Å². The number of nitrogens with zero attached hydrogens (tertiary/aromatic N) is 1. The molecule has 0 aromatic carbocycles. The molecule has 0 atom stereocenters. The number of nitrogens with two attached hydrogens (primary N) is 1. The van der Waals surface area contributed by atoms with Crippen molar-refractivity contribution < 1.29 is 17.9 Å². The van der Waals surface area contributed by atoms with E-state index in [0.29, 0.717) is 12.2 Å². The molecule has 1 aromatic heterocycles. The average Bonchev–Trinajstić information content (AvgIpc) is 2.38. The molecule has 0 aliphatic carbocycles. The molecule has 1 rings (SSSR count). The first-order valence-electron chi connectivity index (χ1n) is 7.07. The molecule has 0 radical (unpaired) electrons. The summed E-state index contributed by atoms with van der Waals surface area (Å²) in [4.78, 5) is 16.0.